The highest BCUT2D eigenvalue weighted by Gasteiger charge is 2.38. The van der Waals surface area contributed by atoms with Gasteiger partial charge in [-0.25, -0.2) is 4.68 Å². The van der Waals surface area contributed by atoms with Crippen LogP contribution in [-0.4, -0.2) is 20.8 Å². The van der Waals surface area contributed by atoms with Crippen LogP contribution in [0.25, 0.3) is 16.9 Å². The first-order valence-electron chi connectivity index (χ1n) is 8.29. The number of nitrogens with two attached hydrogens (primary N) is 1. The van der Waals surface area contributed by atoms with Crippen molar-refractivity contribution in [2.24, 2.45) is 5.73 Å². The molecule has 2 N–H and O–H groups in total. The maximum Gasteiger partial charge on any atom is 0.435 e. The van der Waals surface area contributed by atoms with Gasteiger partial charge in [-0.2, -0.15) is 18.3 Å². The normalized spacial score (nSPS) is 14.5. The van der Waals surface area contributed by atoms with Gasteiger partial charge in [0.25, 0.3) is 5.91 Å². The number of carbonyl (C=O) groups excluding carboxylic acids is 1. The Morgan fingerprint density at radius 3 is 2.48 bits per heavy atom. The molecule has 1 aromatic carbocycles. The summed E-state index contributed by atoms with van der Waals surface area (Å²) in [5, 5.41) is 7.60. The Morgan fingerprint density at radius 1 is 1.26 bits per heavy atom. The van der Waals surface area contributed by atoms with Gasteiger partial charge >= 0.3 is 6.18 Å². The Bertz CT molecular complexity index is 1010. The number of aromatic nitrogens is 3. The van der Waals surface area contributed by atoms with Crippen molar-refractivity contribution < 1.29 is 22.5 Å². The summed E-state index contributed by atoms with van der Waals surface area (Å²) >= 11 is 0. The third-order valence-corrected chi connectivity index (χ3v) is 4.52. The minimum atomic E-state index is -4.50. The first kappa shape index (κ1) is 17.3. The van der Waals surface area contributed by atoms with Gasteiger partial charge in [0.05, 0.1) is 5.69 Å². The topological polar surface area (TPSA) is 86.9 Å². The zero-order valence-electron chi connectivity index (χ0n) is 14.2. The summed E-state index contributed by atoms with van der Waals surface area (Å²) in [5.74, 6) is -0.266. The molecule has 0 unspecified atom stereocenters. The van der Waals surface area contributed by atoms with E-state index in [0.717, 1.165) is 18.9 Å². The molecule has 0 saturated heterocycles. The number of hydrogen-bond acceptors (Lipinski definition) is 4. The Morgan fingerprint density at radius 2 is 1.93 bits per heavy atom. The van der Waals surface area contributed by atoms with Crippen LogP contribution in [0.15, 0.2) is 34.9 Å². The van der Waals surface area contributed by atoms with E-state index < -0.39 is 17.8 Å². The monoisotopic (exact) mass is 376 g/mol. The number of alkyl halides is 3. The maximum absolute atomic E-state index is 13.1. The highest BCUT2D eigenvalue weighted by Crippen LogP contribution is 2.43. The molecule has 27 heavy (non-hydrogen) atoms. The van der Waals surface area contributed by atoms with Crippen molar-refractivity contribution in [1.82, 2.24) is 14.9 Å². The van der Waals surface area contributed by atoms with Gasteiger partial charge in [-0.15, -0.1) is 0 Å². The van der Waals surface area contributed by atoms with Crippen molar-refractivity contribution in [2.45, 2.75) is 31.9 Å². The number of carbonyl (C=O) groups is 1. The van der Waals surface area contributed by atoms with Crippen LogP contribution in [0.5, 0.6) is 0 Å². The largest absolute Gasteiger partial charge is 0.435 e. The summed E-state index contributed by atoms with van der Waals surface area (Å²) < 4.78 is 45.5. The fourth-order valence-corrected chi connectivity index (χ4v) is 3.03. The Kier molecular flexibility index (Phi) is 3.83. The molecule has 1 saturated carbocycles. The SMILES string of the molecule is Cc1onc(-c2ccc(-n3nc(C(F)(F)F)cc3C3CC3)cc2)c1C(N)=O. The first-order chi connectivity index (χ1) is 12.8. The van der Waals surface area contributed by atoms with E-state index in [-0.39, 0.29) is 11.5 Å². The van der Waals surface area contributed by atoms with Gasteiger partial charge in [-0.3, -0.25) is 4.79 Å². The predicted molar refractivity (Wildman–Crippen MR) is 89.3 cm³/mol. The van der Waals surface area contributed by atoms with Crippen LogP contribution in [0.3, 0.4) is 0 Å². The van der Waals surface area contributed by atoms with E-state index in [1.54, 1.807) is 31.2 Å². The number of rotatable bonds is 4. The average Bonchev–Trinajstić information content (AvgIpc) is 3.21. The van der Waals surface area contributed by atoms with Crippen LogP contribution >= 0.6 is 0 Å². The third kappa shape index (κ3) is 3.09. The van der Waals surface area contributed by atoms with Crippen molar-refractivity contribution >= 4 is 5.91 Å². The minimum absolute atomic E-state index is 0.0907. The Balaban J connectivity index is 1.73. The van der Waals surface area contributed by atoms with Crippen molar-refractivity contribution in [2.75, 3.05) is 0 Å². The van der Waals surface area contributed by atoms with Crippen LogP contribution in [0.2, 0.25) is 0 Å². The highest BCUT2D eigenvalue weighted by molar-refractivity contribution is 5.99. The molecule has 0 aliphatic heterocycles. The molecule has 0 spiro atoms. The first-order valence-corrected chi connectivity index (χ1v) is 8.29. The predicted octanol–water partition coefficient (Wildman–Crippen LogP) is 3.83. The van der Waals surface area contributed by atoms with Crippen LogP contribution in [-0.2, 0) is 6.18 Å². The lowest BCUT2D eigenvalue weighted by molar-refractivity contribution is -0.141. The number of nitrogens with zero attached hydrogens (tertiary/aromatic N) is 3. The third-order valence-electron chi connectivity index (χ3n) is 4.52. The molecule has 1 aliphatic carbocycles. The van der Waals surface area contributed by atoms with Gasteiger partial charge in [0.2, 0.25) is 0 Å². The molecular formula is C18H15F3N4O2. The van der Waals surface area contributed by atoms with Gasteiger partial charge in [-0.05, 0) is 38.0 Å². The number of aryl methyl sites for hydroxylation is 1. The number of benzene rings is 1. The summed E-state index contributed by atoms with van der Waals surface area (Å²) in [5.41, 5.74) is 6.55. The second-order valence-corrected chi connectivity index (χ2v) is 6.51. The molecular weight excluding hydrogens is 361 g/mol. The molecule has 0 radical (unpaired) electrons. The lowest BCUT2D eigenvalue weighted by Gasteiger charge is -2.08. The molecule has 6 nitrogen and oxygen atoms in total. The maximum atomic E-state index is 13.1. The number of amides is 1. The summed E-state index contributed by atoms with van der Waals surface area (Å²) in [4.78, 5) is 11.6. The summed E-state index contributed by atoms with van der Waals surface area (Å²) in [6, 6.07) is 7.65. The smallest absolute Gasteiger partial charge is 0.365 e. The molecule has 1 aliphatic rings. The molecule has 3 aromatic rings. The van der Waals surface area contributed by atoms with Gasteiger partial charge in [-0.1, -0.05) is 17.3 Å². The molecule has 2 heterocycles. The number of halogens is 3. The van der Waals surface area contributed by atoms with E-state index in [4.69, 9.17) is 10.3 Å². The molecule has 0 bridgehead atoms. The van der Waals surface area contributed by atoms with Crippen LogP contribution in [0.4, 0.5) is 13.2 Å². The molecule has 140 valence electrons. The Labute approximate surface area is 151 Å². The van der Waals surface area contributed by atoms with Crippen molar-refractivity contribution in [1.29, 1.82) is 0 Å². The molecule has 9 heteroatoms. The van der Waals surface area contributed by atoms with Gasteiger partial charge in [0.15, 0.2) is 5.69 Å². The Hall–Kier alpha value is -3.10. The van der Waals surface area contributed by atoms with E-state index in [1.165, 1.54) is 4.68 Å². The van der Waals surface area contributed by atoms with Crippen LogP contribution in [0.1, 0.15) is 46.3 Å². The molecule has 2 aromatic heterocycles. The zero-order chi connectivity index (χ0) is 19.3. The van der Waals surface area contributed by atoms with Gasteiger partial charge in [0.1, 0.15) is 17.0 Å². The second-order valence-electron chi connectivity index (χ2n) is 6.51. The fourth-order valence-electron chi connectivity index (χ4n) is 3.03. The lowest BCUT2D eigenvalue weighted by Crippen LogP contribution is -2.12. The highest BCUT2D eigenvalue weighted by atomic mass is 19.4. The van der Waals surface area contributed by atoms with E-state index in [0.29, 0.717) is 28.4 Å². The van der Waals surface area contributed by atoms with E-state index in [9.17, 15) is 18.0 Å². The summed E-state index contributed by atoms with van der Waals surface area (Å²) in [7, 11) is 0. The quantitative estimate of drug-likeness (QED) is 0.750. The molecule has 1 amide bonds. The molecule has 4 rings (SSSR count). The van der Waals surface area contributed by atoms with E-state index in [2.05, 4.69) is 10.3 Å². The van der Waals surface area contributed by atoms with Crippen LogP contribution < -0.4 is 5.73 Å². The van der Waals surface area contributed by atoms with Crippen molar-refractivity contribution in [3.8, 4) is 16.9 Å². The number of hydrogen-bond donors (Lipinski definition) is 1. The minimum Gasteiger partial charge on any atom is -0.365 e. The average molecular weight is 376 g/mol. The molecule has 1 fully saturated rings. The second kappa shape index (κ2) is 5.97. The zero-order valence-corrected chi connectivity index (χ0v) is 14.2. The fraction of sp³-hybridized carbons (Fsp3) is 0.278. The lowest BCUT2D eigenvalue weighted by atomic mass is 10.1. The van der Waals surface area contributed by atoms with E-state index in [1.807, 2.05) is 0 Å². The van der Waals surface area contributed by atoms with Crippen molar-refractivity contribution in [3.05, 3.63) is 53.0 Å². The van der Waals surface area contributed by atoms with Crippen LogP contribution in [0, 0.1) is 6.92 Å². The van der Waals surface area contributed by atoms with Crippen molar-refractivity contribution in [3.63, 3.8) is 0 Å². The summed E-state index contributed by atoms with van der Waals surface area (Å²) in [6.45, 7) is 1.58. The number of primary amides is 1. The van der Waals surface area contributed by atoms with Gasteiger partial charge < -0.3 is 10.3 Å². The standard InChI is InChI=1S/C18H15F3N4O2/c1-9-15(17(22)26)16(24-27-9)11-4-6-12(7-5-11)25-13(10-2-3-10)8-14(23-25)18(19,20)21/h4-8,10H,2-3H2,1H3,(H2,22,26). The molecule has 0 atom stereocenters. The summed E-state index contributed by atoms with van der Waals surface area (Å²) in [6.07, 6.45) is -2.80. The van der Waals surface area contributed by atoms with Gasteiger partial charge in [0, 0.05) is 17.2 Å². The van der Waals surface area contributed by atoms with E-state index >= 15 is 0 Å².